The van der Waals surface area contributed by atoms with E-state index in [9.17, 15) is 8.42 Å². The van der Waals surface area contributed by atoms with E-state index in [0.717, 1.165) is 32.9 Å². The smallest absolute Gasteiger partial charge is 0.241 e. The quantitative estimate of drug-likeness (QED) is 0.410. The van der Waals surface area contributed by atoms with Crippen LogP contribution >= 0.6 is 0 Å². The Balaban J connectivity index is 1.59. The van der Waals surface area contributed by atoms with Crippen LogP contribution in [0.3, 0.4) is 0 Å². The zero-order valence-corrected chi connectivity index (χ0v) is 17.7. The molecule has 5 nitrogen and oxygen atoms in total. The van der Waals surface area contributed by atoms with E-state index in [-0.39, 0.29) is 4.90 Å². The van der Waals surface area contributed by atoms with Crippen molar-refractivity contribution in [1.82, 2.24) is 14.7 Å². The van der Waals surface area contributed by atoms with Crippen molar-refractivity contribution in [3.05, 3.63) is 108 Å². The normalized spacial score (nSPS) is 12.9. The van der Waals surface area contributed by atoms with Gasteiger partial charge in [0.05, 0.1) is 15.9 Å². The summed E-state index contributed by atoms with van der Waals surface area (Å²) in [7, 11) is -3.80. The van der Waals surface area contributed by atoms with Crippen LogP contribution in [0.15, 0.2) is 95.9 Å². The van der Waals surface area contributed by atoms with Gasteiger partial charge in [-0.3, -0.25) is 0 Å². The number of nitrogens with one attached hydrogen (secondary N) is 2. The van der Waals surface area contributed by atoms with Gasteiger partial charge in [-0.15, -0.1) is 0 Å². The van der Waals surface area contributed by atoms with Crippen LogP contribution < -0.4 is 4.72 Å². The summed E-state index contributed by atoms with van der Waals surface area (Å²) in [6.45, 7) is 2.01. The molecule has 0 saturated carbocycles. The number of H-pyrrole nitrogens is 1. The summed E-state index contributed by atoms with van der Waals surface area (Å²) in [6, 6.07) is 27.6. The van der Waals surface area contributed by atoms with Gasteiger partial charge in [0.1, 0.15) is 11.9 Å². The van der Waals surface area contributed by atoms with Gasteiger partial charge in [-0.05, 0) is 53.1 Å². The Morgan fingerprint density at radius 3 is 2.39 bits per heavy atom. The minimum atomic E-state index is -3.80. The highest BCUT2D eigenvalue weighted by Gasteiger charge is 2.25. The molecule has 0 aliphatic carbocycles. The van der Waals surface area contributed by atoms with Gasteiger partial charge in [-0.2, -0.15) is 4.72 Å². The molecule has 5 rings (SSSR count). The maximum atomic E-state index is 13.3. The van der Waals surface area contributed by atoms with Gasteiger partial charge in [0.15, 0.2) is 0 Å². The van der Waals surface area contributed by atoms with Crippen LogP contribution in [0.5, 0.6) is 0 Å². The number of imidazole rings is 1. The Hall–Kier alpha value is -3.48. The molecule has 0 saturated heterocycles. The molecular formula is C25H21N3O2S. The molecule has 4 aromatic carbocycles. The molecule has 1 aromatic heterocycles. The molecule has 0 radical (unpaired) electrons. The molecule has 1 atom stereocenters. The molecule has 0 spiro atoms. The lowest BCUT2D eigenvalue weighted by Gasteiger charge is -2.17. The lowest BCUT2D eigenvalue weighted by Crippen LogP contribution is -2.30. The first-order valence-corrected chi connectivity index (χ1v) is 11.5. The summed E-state index contributed by atoms with van der Waals surface area (Å²) in [6.07, 6.45) is 0. The first-order valence-electron chi connectivity index (χ1n) is 10.0. The van der Waals surface area contributed by atoms with Crippen LogP contribution in [0, 0.1) is 6.92 Å². The van der Waals surface area contributed by atoms with Crippen LogP contribution in [0.4, 0.5) is 0 Å². The maximum Gasteiger partial charge on any atom is 0.241 e. The van der Waals surface area contributed by atoms with Crippen LogP contribution in [-0.4, -0.2) is 18.4 Å². The van der Waals surface area contributed by atoms with Gasteiger partial charge >= 0.3 is 0 Å². The van der Waals surface area contributed by atoms with E-state index < -0.39 is 16.1 Å². The molecule has 31 heavy (non-hydrogen) atoms. The number of nitrogens with zero attached hydrogens (tertiary/aromatic N) is 1. The molecule has 0 fully saturated rings. The Morgan fingerprint density at radius 2 is 1.58 bits per heavy atom. The number of hydrogen-bond donors (Lipinski definition) is 2. The highest BCUT2D eigenvalue weighted by Crippen LogP contribution is 2.26. The average molecular weight is 428 g/mol. The predicted molar refractivity (Wildman–Crippen MR) is 123 cm³/mol. The molecule has 6 heteroatoms. The molecule has 154 valence electrons. The average Bonchev–Trinajstić information content (AvgIpc) is 3.20. The number of fused-ring (bicyclic) bond motifs is 2. The van der Waals surface area contributed by atoms with Crippen molar-refractivity contribution in [3.63, 3.8) is 0 Å². The van der Waals surface area contributed by atoms with E-state index >= 15 is 0 Å². The summed E-state index contributed by atoms with van der Waals surface area (Å²) < 4.78 is 29.6. The summed E-state index contributed by atoms with van der Waals surface area (Å²) in [5.41, 5.74) is 3.59. The summed E-state index contributed by atoms with van der Waals surface area (Å²) in [4.78, 5) is 8.20. The number of aromatic amines is 1. The number of aromatic nitrogens is 2. The fourth-order valence-corrected chi connectivity index (χ4v) is 4.99. The van der Waals surface area contributed by atoms with E-state index in [1.54, 1.807) is 12.1 Å². The van der Waals surface area contributed by atoms with Crippen molar-refractivity contribution in [1.29, 1.82) is 0 Å². The van der Waals surface area contributed by atoms with Gasteiger partial charge in [0, 0.05) is 0 Å². The molecule has 0 aliphatic heterocycles. The van der Waals surface area contributed by atoms with E-state index in [4.69, 9.17) is 0 Å². The topological polar surface area (TPSA) is 74.8 Å². The van der Waals surface area contributed by atoms with Gasteiger partial charge in [-0.25, -0.2) is 13.4 Å². The maximum absolute atomic E-state index is 13.3. The molecule has 1 unspecified atom stereocenters. The molecule has 2 N–H and O–H groups in total. The number of hydrogen-bond acceptors (Lipinski definition) is 3. The van der Waals surface area contributed by atoms with Gasteiger partial charge < -0.3 is 4.98 Å². The second-order valence-corrected chi connectivity index (χ2v) is 9.33. The Morgan fingerprint density at radius 1 is 0.839 bits per heavy atom. The minimum absolute atomic E-state index is 0.221. The van der Waals surface area contributed by atoms with Crippen LogP contribution in [0.1, 0.15) is 23.0 Å². The van der Waals surface area contributed by atoms with Gasteiger partial charge in [-0.1, -0.05) is 66.7 Å². The van der Waals surface area contributed by atoms with E-state index in [1.807, 2.05) is 85.8 Å². The standard InChI is InChI=1S/C25H21N3O2S/c1-17-11-14-22-23(15-17)27-25(26-22)24(19-8-3-2-4-9-19)28-31(29,30)21-13-12-18-7-5-6-10-20(18)16-21/h2-16,24,28H,1H3,(H,26,27). The molecule has 1 heterocycles. The Bertz CT molecular complexity index is 1490. The summed E-state index contributed by atoms with van der Waals surface area (Å²) in [5, 5.41) is 1.87. The number of aryl methyl sites for hydroxylation is 1. The van der Waals surface area contributed by atoms with E-state index in [2.05, 4.69) is 14.7 Å². The highest BCUT2D eigenvalue weighted by molar-refractivity contribution is 7.89. The predicted octanol–water partition coefficient (Wildman–Crippen LogP) is 5.09. The third-order valence-corrected chi connectivity index (χ3v) is 6.79. The van der Waals surface area contributed by atoms with Crippen LogP contribution in [-0.2, 0) is 10.0 Å². The van der Waals surface area contributed by atoms with Crippen LogP contribution in [0.2, 0.25) is 0 Å². The fourth-order valence-electron chi connectivity index (χ4n) is 3.76. The molecular weight excluding hydrogens is 406 g/mol. The number of sulfonamides is 1. The molecule has 0 amide bonds. The molecule has 0 aliphatic rings. The van der Waals surface area contributed by atoms with Gasteiger partial charge in [0.2, 0.25) is 10.0 Å². The molecule has 5 aromatic rings. The monoisotopic (exact) mass is 427 g/mol. The summed E-state index contributed by atoms with van der Waals surface area (Å²) in [5.74, 6) is 0.552. The van der Waals surface area contributed by atoms with Crippen molar-refractivity contribution in [2.24, 2.45) is 0 Å². The Labute approximate surface area is 180 Å². The second-order valence-electron chi connectivity index (χ2n) is 7.62. The lowest BCUT2D eigenvalue weighted by molar-refractivity contribution is 0.568. The third kappa shape index (κ3) is 3.83. The van der Waals surface area contributed by atoms with Crippen LogP contribution in [0.25, 0.3) is 21.8 Å². The minimum Gasteiger partial charge on any atom is -0.340 e. The first-order chi connectivity index (χ1) is 15.0. The van der Waals surface area contributed by atoms with E-state index in [0.29, 0.717) is 5.82 Å². The van der Waals surface area contributed by atoms with E-state index in [1.165, 1.54) is 0 Å². The Kier molecular flexibility index (Phi) is 4.81. The van der Waals surface area contributed by atoms with Crippen molar-refractivity contribution in [3.8, 4) is 0 Å². The fraction of sp³-hybridized carbons (Fsp3) is 0.0800. The second kappa shape index (κ2) is 7.65. The highest BCUT2D eigenvalue weighted by atomic mass is 32.2. The van der Waals surface area contributed by atoms with Crippen molar-refractivity contribution >= 4 is 31.8 Å². The number of benzene rings is 4. The van der Waals surface area contributed by atoms with Crippen molar-refractivity contribution in [2.75, 3.05) is 0 Å². The van der Waals surface area contributed by atoms with Gasteiger partial charge in [0.25, 0.3) is 0 Å². The lowest BCUT2D eigenvalue weighted by atomic mass is 10.1. The van der Waals surface area contributed by atoms with Crippen molar-refractivity contribution < 1.29 is 8.42 Å². The summed E-state index contributed by atoms with van der Waals surface area (Å²) >= 11 is 0. The SMILES string of the molecule is Cc1ccc2nc(C(NS(=O)(=O)c3ccc4ccccc4c3)c3ccccc3)[nH]c2c1. The molecule has 0 bridgehead atoms. The zero-order chi connectivity index (χ0) is 21.4. The largest absolute Gasteiger partial charge is 0.340 e. The van der Waals surface area contributed by atoms with Crippen molar-refractivity contribution in [2.45, 2.75) is 17.9 Å². The third-order valence-electron chi connectivity index (χ3n) is 5.37. The zero-order valence-electron chi connectivity index (χ0n) is 16.9. The first kappa shape index (κ1) is 19.5. The number of rotatable bonds is 5.